The molecule has 1 rings (SSSR count). The van der Waals surface area contributed by atoms with Crippen LogP contribution in [-0.4, -0.2) is 5.51 Å². The lowest BCUT2D eigenvalue weighted by atomic mass is 10.2. The fourth-order valence-corrected chi connectivity index (χ4v) is 1.09. The molecule has 0 amide bonds. The van der Waals surface area contributed by atoms with E-state index in [1.807, 2.05) is 0 Å². The molecule has 0 N–H and O–H groups in total. The van der Waals surface area contributed by atoms with E-state index in [4.69, 9.17) is 0 Å². The Bertz CT molecular complexity index is 230. The van der Waals surface area contributed by atoms with Crippen molar-refractivity contribution in [1.82, 2.24) is 0 Å². The standard InChI is InChI=1S/C8H6F3S/c9-8(10,11)12-6-7-4-2-1-3-5-7/h1-6H. The van der Waals surface area contributed by atoms with Crippen molar-refractivity contribution >= 4 is 11.8 Å². The molecule has 0 aromatic heterocycles. The van der Waals surface area contributed by atoms with Crippen LogP contribution in [0.2, 0.25) is 0 Å². The van der Waals surface area contributed by atoms with Gasteiger partial charge >= 0.3 is 5.51 Å². The van der Waals surface area contributed by atoms with Crippen LogP contribution >= 0.6 is 11.8 Å². The van der Waals surface area contributed by atoms with E-state index in [0.29, 0.717) is 5.56 Å². The minimum absolute atomic E-state index is 0.138. The number of alkyl halides is 3. The minimum atomic E-state index is -4.18. The summed E-state index contributed by atoms with van der Waals surface area (Å²) in [6.07, 6.45) is 0. The lowest BCUT2D eigenvalue weighted by Crippen LogP contribution is -1.98. The first kappa shape index (κ1) is 9.45. The molecule has 0 bridgehead atoms. The average molecular weight is 191 g/mol. The van der Waals surface area contributed by atoms with E-state index in [0.717, 1.165) is 5.75 Å². The predicted octanol–water partition coefficient (Wildman–Crippen LogP) is 3.45. The number of rotatable bonds is 2. The zero-order valence-corrected chi connectivity index (χ0v) is 6.82. The van der Waals surface area contributed by atoms with Crippen molar-refractivity contribution in [3.63, 3.8) is 0 Å². The quantitative estimate of drug-likeness (QED) is 0.689. The molecule has 65 valence electrons. The summed E-state index contributed by atoms with van der Waals surface area (Å²) in [6, 6.07) is 8.40. The molecule has 0 fully saturated rings. The van der Waals surface area contributed by atoms with Gasteiger partial charge in [-0.05, 0) is 17.3 Å². The Morgan fingerprint density at radius 1 is 1.08 bits per heavy atom. The summed E-state index contributed by atoms with van der Waals surface area (Å²) in [4.78, 5) is 0. The topological polar surface area (TPSA) is 0 Å². The van der Waals surface area contributed by atoms with Crippen molar-refractivity contribution in [3.8, 4) is 0 Å². The first-order valence-corrected chi connectivity index (χ1v) is 4.09. The Labute approximate surface area is 72.8 Å². The smallest absolute Gasteiger partial charge is 0.160 e. The van der Waals surface area contributed by atoms with E-state index >= 15 is 0 Å². The molecule has 0 aliphatic heterocycles. The molecule has 0 unspecified atom stereocenters. The molecule has 0 heterocycles. The summed E-state index contributed by atoms with van der Waals surface area (Å²) in [5.41, 5.74) is -3.62. The lowest BCUT2D eigenvalue weighted by molar-refractivity contribution is -0.0322. The molecule has 0 saturated heterocycles. The maximum Gasteiger partial charge on any atom is 0.442 e. The summed E-state index contributed by atoms with van der Waals surface area (Å²) < 4.78 is 35.0. The minimum Gasteiger partial charge on any atom is -0.160 e. The zero-order valence-electron chi connectivity index (χ0n) is 6.01. The second-order valence-electron chi connectivity index (χ2n) is 2.09. The van der Waals surface area contributed by atoms with Crippen molar-refractivity contribution in [2.24, 2.45) is 0 Å². The molecule has 1 aromatic rings. The van der Waals surface area contributed by atoms with Gasteiger partial charge < -0.3 is 0 Å². The Morgan fingerprint density at radius 2 is 1.67 bits per heavy atom. The number of hydrogen-bond donors (Lipinski definition) is 0. The van der Waals surface area contributed by atoms with Crippen molar-refractivity contribution < 1.29 is 13.2 Å². The van der Waals surface area contributed by atoms with E-state index in [9.17, 15) is 13.2 Å². The Hall–Kier alpha value is -0.640. The lowest BCUT2D eigenvalue weighted by Gasteiger charge is -2.03. The predicted molar refractivity (Wildman–Crippen MR) is 43.5 cm³/mol. The zero-order chi connectivity index (χ0) is 9.03. The van der Waals surface area contributed by atoms with Gasteiger partial charge in [0, 0.05) is 0 Å². The van der Waals surface area contributed by atoms with Crippen LogP contribution in [0.25, 0.3) is 0 Å². The van der Waals surface area contributed by atoms with E-state index in [1.165, 1.54) is 0 Å². The molecule has 4 heteroatoms. The van der Waals surface area contributed by atoms with E-state index in [2.05, 4.69) is 0 Å². The van der Waals surface area contributed by atoms with Crippen molar-refractivity contribution in [2.75, 3.05) is 0 Å². The van der Waals surface area contributed by atoms with Gasteiger partial charge in [-0.25, -0.2) is 0 Å². The highest BCUT2D eigenvalue weighted by atomic mass is 32.2. The van der Waals surface area contributed by atoms with Crippen LogP contribution in [-0.2, 0) is 0 Å². The Balaban J connectivity index is 2.44. The third-order valence-electron chi connectivity index (χ3n) is 1.13. The number of benzene rings is 1. The molecule has 0 nitrogen and oxygen atoms in total. The monoisotopic (exact) mass is 191 g/mol. The SMILES string of the molecule is FC(F)(F)S[CH]c1ccccc1. The molecule has 0 aliphatic carbocycles. The Morgan fingerprint density at radius 3 is 2.17 bits per heavy atom. The number of thioether (sulfide) groups is 1. The number of hydrogen-bond acceptors (Lipinski definition) is 1. The summed E-state index contributed by atoms with van der Waals surface area (Å²) in [5.74, 6) is 1.08. The van der Waals surface area contributed by atoms with Gasteiger partial charge in [-0.2, -0.15) is 13.2 Å². The van der Waals surface area contributed by atoms with Crippen molar-refractivity contribution in [3.05, 3.63) is 41.6 Å². The molecule has 1 radical (unpaired) electrons. The first-order chi connectivity index (χ1) is 5.58. The highest BCUT2D eigenvalue weighted by molar-refractivity contribution is 8.02. The summed E-state index contributed by atoms with van der Waals surface area (Å²) in [5, 5.41) is 0. The molecular weight excluding hydrogens is 185 g/mol. The normalized spacial score (nSPS) is 11.6. The third kappa shape index (κ3) is 3.67. The highest BCUT2D eigenvalue weighted by Gasteiger charge is 2.27. The van der Waals surface area contributed by atoms with Gasteiger partial charge in [-0.1, -0.05) is 30.3 Å². The second kappa shape index (κ2) is 3.85. The average Bonchev–Trinajstić information content (AvgIpc) is 2.02. The van der Waals surface area contributed by atoms with Gasteiger partial charge in [0.2, 0.25) is 0 Å². The van der Waals surface area contributed by atoms with Crippen molar-refractivity contribution in [1.29, 1.82) is 0 Å². The van der Waals surface area contributed by atoms with Crippen LogP contribution in [0.5, 0.6) is 0 Å². The molecule has 0 saturated carbocycles. The largest absolute Gasteiger partial charge is 0.442 e. The van der Waals surface area contributed by atoms with E-state index < -0.39 is 5.51 Å². The molecule has 1 aromatic carbocycles. The number of halogens is 3. The van der Waals surface area contributed by atoms with Crippen LogP contribution in [0, 0.1) is 5.75 Å². The molecule has 0 spiro atoms. The van der Waals surface area contributed by atoms with Crippen LogP contribution < -0.4 is 0 Å². The van der Waals surface area contributed by atoms with Gasteiger partial charge in [0.05, 0.1) is 5.75 Å². The van der Waals surface area contributed by atoms with E-state index in [-0.39, 0.29) is 11.8 Å². The second-order valence-corrected chi connectivity index (χ2v) is 3.03. The molecular formula is C8H6F3S. The van der Waals surface area contributed by atoms with Gasteiger partial charge in [-0.3, -0.25) is 0 Å². The van der Waals surface area contributed by atoms with Gasteiger partial charge in [0.15, 0.2) is 0 Å². The summed E-state index contributed by atoms with van der Waals surface area (Å²) >= 11 is -0.138. The van der Waals surface area contributed by atoms with Crippen molar-refractivity contribution in [2.45, 2.75) is 5.51 Å². The van der Waals surface area contributed by atoms with Crippen LogP contribution in [0.3, 0.4) is 0 Å². The fraction of sp³-hybridized carbons (Fsp3) is 0.125. The summed E-state index contributed by atoms with van der Waals surface area (Å²) in [7, 11) is 0. The third-order valence-corrected chi connectivity index (χ3v) is 1.79. The molecule has 0 atom stereocenters. The first-order valence-electron chi connectivity index (χ1n) is 3.21. The summed E-state index contributed by atoms with van der Waals surface area (Å²) in [6.45, 7) is 0. The van der Waals surface area contributed by atoms with Gasteiger partial charge in [0.25, 0.3) is 0 Å². The van der Waals surface area contributed by atoms with Gasteiger partial charge in [-0.15, -0.1) is 0 Å². The van der Waals surface area contributed by atoms with Crippen LogP contribution in [0.15, 0.2) is 30.3 Å². The molecule has 0 aliphatic rings. The van der Waals surface area contributed by atoms with Crippen LogP contribution in [0.1, 0.15) is 5.56 Å². The fourth-order valence-electron chi connectivity index (χ4n) is 0.666. The van der Waals surface area contributed by atoms with E-state index in [1.54, 1.807) is 30.3 Å². The highest BCUT2D eigenvalue weighted by Crippen LogP contribution is 2.34. The molecule has 12 heavy (non-hydrogen) atoms. The maximum atomic E-state index is 11.7. The van der Waals surface area contributed by atoms with Crippen LogP contribution in [0.4, 0.5) is 13.2 Å². The van der Waals surface area contributed by atoms with Gasteiger partial charge in [0.1, 0.15) is 0 Å². The maximum absolute atomic E-state index is 11.7. The Kier molecular flexibility index (Phi) is 3.03.